The molecular weight excluding hydrogens is 306 g/mol. The molecule has 1 amide bonds. The highest BCUT2D eigenvalue weighted by Crippen LogP contribution is 2.39. The third kappa shape index (κ3) is 5.78. The Morgan fingerprint density at radius 2 is 1.70 bits per heavy atom. The van der Waals surface area contributed by atoms with Gasteiger partial charge in [0.1, 0.15) is 5.60 Å². The fourth-order valence-electron chi connectivity index (χ4n) is 2.65. The van der Waals surface area contributed by atoms with E-state index in [9.17, 15) is 4.79 Å². The molecule has 5 heteroatoms. The molecule has 1 fully saturated rings. The molecule has 1 aliphatic rings. The lowest BCUT2D eigenvalue weighted by molar-refractivity contribution is 0.0272. The molecule has 0 aromatic carbocycles. The lowest BCUT2D eigenvalue weighted by Crippen LogP contribution is -2.46. The molecule has 0 saturated carbocycles. The van der Waals surface area contributed by atoms with Crippen molar-refractivity contribution < 1.29 is 14.0 Å². The maximum Gasteiger partial charge on any atom is 0.410 e. The van der Waals surface area contributed by atoms with Crippen molar-refractivity contribution in [3.8, 4) is 0 Å². The molecule has 23 heavy (non-hydrogen) atoms. The molecule has 0 unspecified atom stereocenters. The van der Waals surface area contributed by atoms with Gasteiger partial charge in [0.25, 0.3) is 0 Å². The van der Waals surface area contributed by atoms with Gasteiger partial charge in [-0.1, -0.05) is 34.1 Å². The SMILES string of the molecule is CCC[C@H]1CN(C(=O)OC(C)(C)C)C[C@H]1O[Si](C)(C)C(C)(C)C. The lowest BCUT2D eigenvalue weighted by atomic mass is 10.0. The summed E-state index contributed by atoms with van der Waals surface area (Å²) in [5.74, 6) is 0.418. The van der Waals surface area contributed by atoms with Gasteiger partial charge in [0.2, 0.25) is 0 Å². The number of hydrogen-bond acceptors (Lipinski definition) is 3. The molecule has 1 aliphatic heterocycles. The summed E-state index contributed by atoms with van der Waals surface area (Å²) in [7, 11) is -1.83. The third-order valence-corrected chi connectivity index (χ3v) is 9.45. The molecular formula is C18H37NO3Si. The van der Waals surface area contributed by atoms with Crippen LogP contribution in [0.3, 0.4) is 0 Å². The second-order valence-corrected chi connectivity index (χ2v) is 14.1. The topological polar surface area (TPSA) is 38.8 Å². The highest BCUT2D eigenvalue weighted by molar-refractivity contribution is 6.74. The van der Waals surface area contributed by atoms with Crippen molar-refractivity contribution in [3.63, 3.8) is 0 Å². The minimum atomic E-state index is -1.83. The summed E-state index contributed by atoms with van der Waals surface area (Å²) < 4.78 is 12.2. The highest BCUT2D eigenvalue weighted by Gasteiger charge is 2.44. The molecule has 0 aliphatic carbocycles. The van der Waals surface area contributed by atoms with E-state index in [0.29, 0.717) is 12.5 Å². The van der Waals surface area contributed by atoms with Crippen molar-refractivity contribution >= 4 is 14.4 Å². The van der Waals surface area contributed by atoms with E-state index >= 15 is 0 Å². The number of hydrogen-bond donors (Lipinski definition) is 0. The fraction of sp³-hybridized carbons (Fsp3) is 0.944. The van der Waals surface area contributed by atoms with E-state index < -0.39 is 13.9 Å². The van der Waals surface area contributed by atoms with Crippen LogP contribution in [0.5, 0.6) is 0 Å². The molecule has 0 aromatic rings. The zero-order valence-corrected chi connectivity index (χ0v) is 17.7. The normalized spacial score (nSPS) is 23.3. The molecule has 4 nitrogen and oxygen atoms in total. The number of carbonyl (C=O) groups excluding carboxylic acids is 1. The Morgan fingerprint density at radius 1 is 1.13 bits per heavy atom. The van der Waals surface area contributed by atoms with Crippen molar-refractivity contribution in [1.29, 1.82) is 0 Å². The highest BCUT2D eigenvalue weighted by atomic mass is 28.4. The van der Waals surface area contributed by atoms with E-state index in [2.05, 4.69) is 40.8 Å². The molecule has 0 spiro atoms. The van der Waals surface area contributed by atoms with Gasteiger partial charge in [-0.2, -0.15) is 0 Å². The van der Waals surface area contributed by atoms with Crippen LogP contribution in [0.4, 0.5) is 4.79 Å². The van der Waals surface area contributed by atoms with Crippen LogP contribution in [0.25, 0.3) is 0 Å². The monoisotopic (exact) mass is 343 g/mol. The third-order valence-electron chi connectivity index (χ3n) is 4.94. The number of likely N-dealkylation sites (tertiary alicyclic amines) is 1. The van der Waals surface area contributed by atoms with E-state index in [-0.39, 0.29) is 17.2 Å². The Bertz CT molecular complexity index is 409. The summed E-state index contributed by atoms with van der Waals surface area (Å²) in [4.78, 5) is 14.2. The van der Waals surface area contributed by atoms with Crippen LogP contribution in [0, 0.1) is 5.92 Å². The van der Waals surface area contributed by atoms with Crippen molar-refractivity contribution in [2.24, 2.45) is 5.92 Å². The van der Waals surface area contributed by atoms with Crippen molar-refractivity contribution in [1.82, 2.24) is 4.90 Å². The smallest absolute Gasteiger partial charge is 0.410 e. The summed E-state index contributed by atoms with van der Waals surface area (Å²) in [6, 6.07) is 0. The second kappa shape index (κ2) is 7.14. The first-order chi connectivity index (χ1) is 10.3. The number of rotatable bonds is 4. The van der Waals surface area contributed by atoms with Gasteiger partial charge in [-0.05, 0) is 45.3 Å². The number of carbonyl (C=O) groups is 1. The maximum absolute atomic E-state index is 12.4. The summed E-state index contributed by atoms with van der Waals surface area (Å²) in [5, 5.41) is 0.184. The van der Waals surface area contributed by atoms with Gasteiger partial charge in [0.15, 0.2) is 8.32 Å². The van der Waals surface area contributed by atoms with Crippen LogP contribution in [0.15, 0.2) is 0 Å². The number of ether oxygens (including phenoxy) is 1. The molecule has 0 N–H and O–H groups in total. The molecule has 0 radical (unpaired) electrons. The zero-order chi connectivity index (χ0) is 18.1. The van der Waals surface area contributed by atoms with Crippen LogP contribution < -0.4 is 0 Å². The van der Waals surface area contributed by atoms with Gasteiger partial charge in [0, 0.05) is 19.0 Å². The van der Waals surface area contributed by atoms with Gasteiger partial charge in [-0.25, -0.2) is 4.79 Å². The Balaban J connectivity index is 2.81. The standard InChI is InChI=1S/C18H37NO3Si/c1-10-11-14-12-19(16(20)21-17(2,3)4)13-15(14)22-23(8,9)18(5,6)7/h14-15H,10-13H2,1-9H3/t14-,15+/m0/s1. The number of amides is 1. The van der Waals surface area contributed by atoms with Crippen molar-refractivity contribution in [2.75, 3.05) is 13.1 Å². The quantitative estimate of drug-likeness (QED) is 0.671. The Hall–Kier alpha value is -0.553. The number of nitrogens with zero attached hydrogens (tertiary/aromatic N) is 1. The van der Waals surface area contributed by atoms with E-state index in [0.717, 1.165) is 19.4 Å². The van der Waals surface area contributed by atoms with Crippen LogP contribution in [0.2, 0.25) is 18.1 Å². The Kier molecular flexibility index (Phi) is 6.36. The van der Waals surface area contributed by atoms with E-state index in [1.165, 1.54) is 0 Å². The largest absolute Gasteiger partial charge is 0.444 e. The molecule has 1 heterocycles. The predicted octanol–water partition coefficient (Wildman–Crippen LogP) is 5.04. The summed E-state index contributed by atoms with van der Waals surface area (Å²) >= 11 is 0. The van der Waals surface area contributed by atoms with Crippen LogP contribution in [-0.4, -0.2) is 44.1 Å². The second-order valence-electron chi connectivity index (χ2n) is 9.35. The predicted molar refractivity (Wildman–Crippen MR) is 98.3 cm³/mol. The lowest BCUT2D eigenvalue weighted by Gasteiger charge is -2.39. The summed E-state index contributed by atoms with van der Waals surface area (Å²) in [5.41, 5.74) is -0.449. The zero-order valence-electron chi connectivity index (χ0n) is 16.7. The molecule has 1 saturated heterocycles. The van der Waals surface area contributed by atoms with E-state index in [1.54, 1.807) is 0 Å². The van der Waals surface area contributed by atoms with Gasteiger partial charge in [-0.15, -0.1) is 0 Å². The van der Waals surface area contributed by atoms with E-state index in [4.69, 9.17) is 9.16 Å². The van der Waals surface area contributed by atoms with Crippen molar-refractivity contribution in [2.45, 2.75) is 91.1 Å². The average molecular weight is 344 g/mol. The minimum absolute atomic E-state index is 0.142. The van der Waals surface area contributed by atoms with Crippen LogP contribution in [0.1, 0.15) is 61.3 Å². The van der Waals surface area contributed by atoms with Gasteiger partial charge in [0.05, 0.1) is 6.10 Å². The Labute approximate surface area is 144 Å². The molecule has 2 atom stereocenters. The van der Waals surface area contributed by atoms with Crippen molar-refractivity contribution in [3.05, 3.63) is 0 Å². The first-order valence-electron chi connectivity index (χ1n) is 8.92. The maximum atomic E-state index is 12.4. The fourth-order valence-corrected chi connectivity index (χ4v) is 4.03. The first kappa shape index (κ1) is 20.5. The average Bonchev–Trinajstić information content (AvgIpc) is 2.69. The molecule has 0 aromatic heterocycles. The van der Waals surface area contributed by atoms with Gasteiger partial charge < -0.3 is 14.1 Å². The Morgan fingerprint density at radius 3 is 2.13 bits per heavy atom. The summed E-state index contributed by atoms with van der Waals surface area (Å²) in [6.45, 7) is 20.7. The molecule has 0 bridgehead atoms. The van der Waals surface area contributed by atoms with Crippen LogP contribution in [-0.2, 0) is 9.16 Å². The van der Waals surface area contributed by atoms with Crippen LogP contribution >= 0.6 is 0 Å². The van der Waals surface area contributed by atoms with Gasteiger partial charge in [-0.3, -0.25) is 0 Å². The minimum Gasteiger partial charge on any atom is -0.444 e. The molecule has 1 rings (SSSR count). The molecule has 136 valence electrons. The first-order valence-corrected chi connectivity index (χ1v) is 11.8. The van der Waals surface area contributed by atoms with Gasteiger partial charge >= 0.3 is 6.09 Å². The summed E-state index contributed by atoms with van der Waals surface area (Å²) in [6.07, 6.45) is 2.14. The van der Waals surface area contributed by atoms with E-state index in [1.807, 2.05) is 25.7 Å².